The van der Waals surface area contributed by atoms with E-state index in [9.17, 15) is 18.8 Å². The molecule has 0 aliphatic carbocycles. The van der Waals surface area contributed by atoms with Crippen molar-refractivity contribution in [3.8, 4) is 5.75 Å². The van der Waals surface area contributed by atoms with Crippen molar-refractivity contribution in [3.63, 3.8) is 0 Å². The van der Waals surface area contributed by atoms with Crippen LogP contribution in [-0.2, 0) is 19.1 Å². The molecule has 3 fully saturated rings. The standard InChI is InChI=1S/C27H34FN3O7/c1-15(2)8-20(27(34)31-12-19(28)25-24(31)21(32)14-37-25)29-26(33)23-10-16-9-17(4-5-22(16)38-23)36-13-18-11-30(3)6-7-35-18/h4-5,9-10,15,18-20,24-25H,6-8,11-14H2,1-3H3,(H,29,33)/t18?,19-,20?,24?,25?/m0/s1. The summed E-state index contributed by atoms with van der Waals surface area (Å²) in [4.78, 5) is 42.2. The molecule has 3 aliphatic heterocycles. The van der Waals surface area contributed by atoms with Gasteiger partial charge in [-0.25, -0.2) is 4.39 Å². The van der Waals surface area contributed by atoms with Crippen molar-refractivity contribution in [2.45, 2.75) is 50.7 Å². The fourth-order valence-electron chi connectivity index (χ4n) is 5.33. The molecule has 3 aliphatic rings. The number of alkyl halides is 1. The van der Waals surface area contributed by atoms with Crippen LogP contribution in [0.15, 0.2) is 28.7 Å². The summed E-state index contributed by atoms with van der Waals surface area (Å²) < 4.78 is 37.1. The molecule has 0 saturated carbocycles. The van der Waals surface area contributed by atoms with Gasteiger partial charge in [0, 0.05) is 18.5 Å². The lowest BCUT2D eigenvalue weighted by molar-refractivity contribution is -0.138. The maximum atomic E-state index is 14.5. The highest BCUT2D eigenvalue weighted by molar-refractivity contribution is 6.00. The second-order valence-electron chi connectivity index (χ2n) is 10.7. The highest BCUT2D eigenvalue weighted by Crippen LogP contribution is 2.31. The number of nitrogens with zero attached hydrogens (tertiary/aromatic N) is 2. The first-order valence-corrected chi connectivity index (χ1v) is 13.1. The van der Waals surface area contributed by atoms with Gasteiger partial charge in [0.1, 0.15) is 55.0 Å². The molecule has 4 heterocycles. The average molecular weight is 532 g/mol. The number of Topliss-reactive ketones (excluding diaryl/α,β-unsaturated/α-hetero) is 1. The number of nitrogens with one attached hydrogen (secondary N) is 1. The molecule has 3 saturated heterocycles. The van der Waals surface area contributed by atoms with Gasteiger partial charge < -0.3 is 33.7 Å². The fraction of sp³-hybridized carbons (Fsp3) is 0.593. The predicted octanol–water partition coefficient (Wildman–Crippen LogP) is 1.80. The smallest absolute Gasteiger partial charge is 0.287 e. The Kier molecular flexibility index (Phi) is 7.69. The first-order valence-electron chi connectivity index (χ1n) is 13.1. The van der Waals surface area contributed by atoms with Crippen LogP contribution in [0.3, 0.4) is 0 Å². The maximum absolute atomic E-state index is 14.5. The summed E-state index contributed by atoms with van der Waals surface area (Å²) in [5.74, 6) is -0.661. The van der Waals surface area contributed by atoms with Gasteiger partial charge in [0.2, 0.25) is 5.91 Å². The quantitative estimate of drug-likeness (QED) is 0.549. The van der Waals surface area contributed by atoms with Crippen LogP contribution in [0.5, 0.6) is 5.75 Å². The SMILES string of the molecule is CC(C)CC(NC(=O)c1cc2cc(OCC3CN(C)CCO3)ccc2o1)C(=O)N1C[C@H](F)C2OCC(=O)C21. The summed E-state index contributed by atoms with van der Waals surface area (Å²) in [7, 11) is 2.04. The van der Waals surface area contributed by atoms with E-state index in [2.05, 4.69) is 10.2 Å². The second kappa shape index (κ2) is 11.0. The number of ketones is 1. The number of morpholine rings is 1. The van der Waals surface area contributed by atoms with Crippen LogP contribution in [0, 0.1) is 5.92 Å². The minimum atomic E-state index is -1.44. The summed E-state index contributed by atoms with van der Waals surface area (Å²) in [6, 6.07) is 4.98. The molecule has 11 heteroatoms. The summed E-state index contributed by atoms with van der Waals surface area (Å²) in [5, 5.41) is 3.43. The van der Waals surface area contributed by atoms with Gasteiger partial charge in [0.15, 0.2) is 11.5 Å². The lowest BCUT2D eigenvalue weighted by Gasteiger charge is -2.29. The topological polar surface area (TPSA) is 111 Å². The number of furan rings is 1. The van der Waals surface area contributed by atoms with Gasteiger partial charge in [-0.05, 0) is 43.7 Å². The molecule has 38 heavy (non-hydrogen) atoms. The van der Waals surface area contributed by atoms with Crippen molar-refractivity contribution in [1.82, 2.24) is 15.1 Å². The van der Waals surface area contributed by atoms with Gasteiger partial charge in [-0.15, -0.1) is 0 Å². The Hall–Kier alpha value is -3.02. The number of hydrogen-bond acceptors (Lipinski definition) is 8. The molecule has 5 atom stereocenters. The third-order valence-electron chi connectivity index (χ3n) is 7.21. The Labute approximate surface area is 220 Å². The zero-order chi connectivity index (χ0) is 27.0. The molecule has 1 N–H and O–H groups in total. The Morgan fingerprint density at radius 3 is 2.79 bits per heavy atom. The minimum Gasteiger partial charge on any atom is -0.491 e. The monoisotopic (exact) mass is 531 g/mol. The first-order chi connectivity index (χ1) is 18.2. The molecule has 0 bridgehead atoms. The van der Waals surface area contributed by atoms with Crippen LogP contribution in [0.4, 0.5) is 4.39 Å². The molecule has 1 aromatic heterocycles. The van der Waals surface area contributed by atoms with Gasteiger partial charge in [0.05, 0.1) is 13.2 Å². The second-order valence-corrected chi connectivity index (χ2v) is 10.7. The Balaban J connectivity index is 1.26. The molecule has 0 spiro atoms. The summed E-state index contributed by atoms with van der Waals surface area (Å²) >= 11 is 0. The zero-order valence-electron chi connectivity index (χ0n) is 21.9. The number of hydrogen-bond donors (Lipinski definition) is 1. The summed E-state index contributed by atoms with van der Waals surface area (Å²) in [6.45, 7) is 6.15. The lowest BCUT2D eigenvalue weighted by Crippen LogP contribution is -2.52. The average Bonchev–Trinajstić information content (AvgIpc) is 3.57. The van der Waals surface area contributed by atoms with E-state index in [1.54, 1.807) is 24.3 Å². The maximum Gasteiger partial charge on any atom is 0.287 e. The number of amides is 2. The molecule has 2 aromatic rings. The van der Waals surface area contributed by atoms with Gasteiger partial charge in [-0.1, -0.05) is 13.8 Å². The number of carbonyl (C=O) groups excluding carboxylic acids is 3. The third-order valence-corrected chi connectivity index (χ3v) is 7.21. The fourth-order valence-corrected chi connectivity index (χ4v) is 5.33. The minimum absolute atomic E-state index is 0.0183. The molecule has 2 amide bonds. The number of carbonyl (C=O) groups is 3. The van der Waals surface area contributed by atoms with Crippen molar-refractivity contribution in [2.24, 2.45) is 5.92 Å². The van der Waals surface area contributed by atoms with Crippen molar-refractivity contribution in [3.05, 3.63) is 30.0 Å². The number of rotatable bonds is 8. The predicted molar refractivity (Wildman–Crippen MR) is 135 cm³/mol. The Morgan fingerprint density at radius 2 is 2.03 bits per heavy atom. The van der Waals surface area contributed by atoms with Crippen molar-refractivity contribution < 1.29 is 37.4 Å². The van der Waals surface area contributed by atoms with E-state index in [4.69, 9.17) is 18.6 Å². The van der Waals surface area contributed by atoms with Crippen LogP contribution in [0.1, 0.15) is 30.8 Å². The molecule has 4 unspecified atom stereocenters. The highest BCUT2D eigenvalue weighted by atomic mass is 19.1. The molecule has 206 valence electrons. The van der Waals surface area contributed by atoms with E-state index in [0.717, 1.165) is 13.1 Å². The largest absolute Gasteiger partial charge is 0.491 e. The van der Waals surface area contributed by atoms with E-state index in [1.165, 1.54) is 4.90 Å². The van der Waals surface area contributed by atoms with Crippen LogP contribution in [0.2, 0.25) is 0 Å². The number of benzene rings is 1. The van der Waals surface area contributed by atoms with Gasteiger partial charge in [-0.2, -0.15) is 0 Å². The Bertz CT molecular complexity index is 1200. The van der Waals surface area contributed by atoms with Crippen molar-refractivity contribution in [1.29, 1.82) is 0 Å². The van der Waals surface area contributed by atoms with Gasteiger partial charge in [0.25, 0.3) is 5.91 Å². The van der Waals surface area contributed by atoms with E-state index in [1.807, 2.05) is 20.9 Å². The van der Waals surface area contributed by atoms with Crippen molar-refractivity contribution in [2.75, 3.05) is 46.5 Å². The molecule has 0 radical (unpaired) electrons. The number of likely N-dealkylation sites (tertiary alicyclic amines) is 1. The highest BCUT2D eigenvalue weighted by Gasteiger charge is 2.53. The summed E-state index contributed by atoms with van der Waals surface area (Å²) in [6.07, 6.45) is -2.08. The van der Waals surface area contributed by atoms with Gasteiger partial charge in [-0.3, -0.25) is 14.4 Å². The third kappa shape index (κ3) is 5.55. The molecular weight excluding hydrogens is 497 g/mol. The number of fused-ring (bicyclic) bond motifs is 2. The van der Waals surface area contributed by atoms with Crippen LogP contribution < -0.4 is 10.1 Å². The molecule has 1 aromatic carbocycles. The number of ether oxygens (including phenoxy) is 3. The van der Waals surface area contributed by atoms with Crippen LogP contribution in [0.25, 0.3) is 11.0 Å². The first kappa shape index (κ1) is 26.6. The molecule has 10 nitrogen and oxygen atoms in total. The van der Waals surface area contributed by atoms with Crippen LogP contribution >= 0.6 is 0 Å². The normalized spacial score (nSPS) is 26.7. The van der Waals surface area contributed by atoms with Crippen LogP contribution in [-0.4, -0.2) is 104 Å². The van der Waals surface area contributed by atoms with Gasteiger partial charge >= 0.3 is 0 Å². The Morgan fingerprint density at radius 1 is 1.21 bits per heavy atom. The summed E-state index contributed by atoms with van der Waals surface area (Å²) in [5.41, 5.74) is 0.499. The molecule has 5 rings (SSSR count). The van der Waals surface area contributed by atoms with E-state index >= 15 is 0 Å². The number of likely N-dealkylation sites (N-methyl/N-ethyl adjacent to an activating group) is 1. The van der Waals surface area contributed by atoms with Crippen molar-refractivity contribution >= 4 is 28.6 Å². The van der Waals surface area contributed by atoms with E-state index < -0.39 is 36.2 Å². The number of halogens is 1. The zero-order valence-corrected chi connectivity index (χ0v) is 21.9. The lowest BCUT2D eigenvalue weighted by atomic mass is 10.0. The van der Waals surface area contributed by atoms with E-state index in [-0.39, 0.29) is 36.7 Å². The molecular formula is C27H34FN3O7. The van der Waals surface area contributed by atoms with E-state index in [0.29, 0.717) is 36.4 Å².